The van der Waals surface area contributed by atoms with Crippen LogP contribution < -0.4 is 10.6 Å². The highest BCUT2D eigenvalue weighted by Crippen LogP contribution is 2.47. The Morgan fingerprint density at radius 1 is 0.875 bits per heavy atom. The second-order valence-electron chi connectivity index (χ2n) is 10.9. The molecule has 0 bridgehead atoms. The number of rotatable bonds is 6. The summed E-state index contributed by atoms with van der Waals surface area (Å²) in [5.41, 5.74) is 3.11. The molecule has 9 nitrogen and oxygen atoms in total. The van der Waals surface area contributed by atoms with Crippen LogP contribution in [0.2, 0.25) is 0 Å². The number of hydrogen-bond acceptors (Lipinski definition) is 6. The monoisotopic (exact) mass is 543 g/mol. The van der Waals surface area contributed by atoms with Crippen LogP contribution in [-0.4, -0.2) is 33.2 Å². The van der Waals surface area contributed by atoms with Crippen molar-refractivity contribution in [2.75, 3.05) is 10.6 Å². The molecule has 4 rings (SSSR count). The zero-order valence-electron chi connectivity index (χ0n) is 23.1. The second kappa shape index (κ2) is 11.0. The normalized spacial score (nSPS) is 22.4. The van der Waals surface area contributed by atoms with E-state index in [9.17, 15) is 29.6 Å². The van der Waals surface area contributed by atoms with Gasteiger partial charge in [0, 0.05) is 35.8 Å². The number of non-ortho nitro benzene ring substituents is 1. The van der Waals surface area contributed by atoms with E-state index in [1.54, 1.807) is 12.1 Å². The summed E-state index contributed by atoms with van der Waals surface area (Å²) < 4.78 is 0. The maximum Gasteiger partial charge on any atom is 0.269 e. The maximum absolute atomic E-state index is 13.9. The largest absolute Gasteiger partial charge is 0.389 e. The minimum atomic E-state index is -1.79. The molecule has 3 aromatic carbocycles. The Bertz CT molecular complexity index is 1500. The smallest absolute Gasteiger partial charge is 0.269 e. The minimum absolute atomic E-state index is 0.176. The molecule has 0 spiro atoms. The van der Waals surface area contributed by atoms with E-state index in [-0.39, 0.29) is 5.69 Å². The van der Waals surface area contributed by atoms with Crippen molar-refractivity contribution in [2.24, 2.45) is 11.8 Å². The predicted molar refractivity (Wildman–Crippen MR) is 152 cm³/mol. The number of carbonyl (C=O) groups excluding carboxylic acids is 3. The van der Waals surface area contributed by atoms with E-state index < -0.39 is 52.3 Å². The molecule has 3 aromatic rings. The summed E-state index contributed by atoms with van der Waals surface area (Å²) in [5, 5.41) is 28.5. The van der Waals surface area contributed by atoms with Crippen LogP contribution in [0.4, 0.5) is 17.1 Å². The number of hydrogen-bond donors (Lipinski definition) is 3. The van der Waals surface area contributed by atoms with Crippen molar-refractivity contribution in [1.29, 1.82) is 0 Å². The number of amides is 2. The van der Waals surface area contributed by atoms with Crippen molar-refractivity contribution in [3.63, 3.8) is 0 Å². The second-order valence-corrected chi connectivity index (χ2v) is 10.9. The highest BCUT2D eigenvalue weighted by atomic mass is 16.6. The van der Waals surface area contributed by atoms with Crippen LogP contribution in [0.3, 0.4) is 0 Å². The summed E-state index contributed by atoms with van der Waals surface area (Å²) in [6, 6.07) is 16.4. The third kappa shape index (κ3) is 5.79. The molecule has 0 saturated heterocycles. The van der Waals surface area contributed by atoms with E-state index in [4.69, 9.17) is 0 Å². The summed E-state index contributed by atoms with van der Waals surface area (Å²) in [6.45, 7) is 8.95. The quantitative estimate of drug-likeness (QED) is 0.223. The molecule has 0 radical (unpaired) electrons. The molecule has 208 valence electrons. The van der Waals surface area contributed by atoms with Crippen LogP contribution in [0.5, 0.6) is 0 Å². The molecule has 1 aliphatic carbocycles. The van der Waals surface area contributed by atoms with Gasteiger partial charge in [-0.1, -0.05) is 47.5 Å². The van der Waals surface area contributed by atoms with Gasteiger partial charge in [-0.25, -0.2) is 0 Å². The molecule has 4 atom stereocenters. The summed E-state index contributed by atoms with van der Waals surface area (Å²) in [4.78, 5) is 51.9. The molecule has 0 heterocycles. The molecule has 1 aliphatic rings. The molecule has 0 aromatic heterocycles. The lowest BCUT2D eigenvalue weighted by Gasteiger charge is -2.44. The van der Waals surface area contributed by atoms with Gasteiger partial charge in [-0.05, 0) is 63.4 Å². The van der Waals surface area contributed by atoms with Crippen molar-refractivity contribution in [3.05, 3.63) is 98.6 Å². The summed E-state index contributed by atoms with van der Waals surface area (Å²) in [6.07, 6.45) is -0.410. The van der Waals surface area contributed by atoms with E-state index in [1.807, 2.05) is 52.0 Å². The van der Waals surface area contributed by atoms with Crippen molar-refractivity contribution in [2.45, 2.75) is 52.6 Å². The predicted octanol–water partition coefficient (Wildman–Crippen LogP) is 5.15. The molecule has 40 heavy (non-hydrogen) atoms. The van der Waals surface area contributed by atoms with Crippen molar-refractivity contribution in [3.8, 4) is 0 Å². The molecule has 1 fully saturated rings. The number of aryl methyl sites for hydroxylation is 4. The van der Waals surface area contributed by atoms with Gasteiger partial charge in [0.15, 0.2) is 0 Å². The number of ketones is 1. The molecule has 1 saturated carbocycles. The molecule has 3 N–H and O–H groups in total. The number of anilines is 2. The summed E-state index contributed by atoms with van der Waals surface area (Å²) in [7, 11) is 0. The number of Topliss-reactive ketones (excluding diaryl/α,β-unsaturated/α-hetero) is 1. The molecular formula is C31H33N3O6. The SMILES string of the molecule is Cc1ccc(NC(=O)[C@@H]2C(=O)C[C@](C)(O)[C@H](C(=O)Nc3ccc(C)cc3C)[C@@H]2c2ccc([N+](=O)[O-])cc2)c(C)c1. The van der Waals surface area contributed by atoms with Crippen molar-refractivity contribution >= 4 is 34.7 Å². The van der Waals surface area contributed by atoms with E-state index in [2.05, 4.69) is 10.6 Å². The Kier molecular flexibility index (Phi) is 7.88. The lowest BCUT2D eigenvalue weighted by atomic mass is 9.61. The fourth-order valence-electron chi connectivity index (χ4n) is 5.64. The Balaban J connectivity index is 1.80. The Hall–Kier alpha value is -4.37. The van der Waals surface area contributed by atoms with Gasteiger partial charge in [0.25, 0.3) is 5.69 Å². The topological polar surface area (TPSA) is 139 Å². The third-order valence-corrected chi connectivity index (χ3v) is 7.60. The zero-order valence-corrected chi connectivity index (χ0v) is 23.1. The van der Waals surface area contributed by atoms with Gasteiger partial charge < -0.3 is 15.7 Å². The number of aliphatic hydroxyl groups is 1. The minimum Gasteiger partial charge on any atom is -0.389 e. The van der Waals surface area contributed by atoms with Crippen LogP contribution in [-0.2, 0) is 14.4 Å². The highest BCUT2D eigenvalue weighted by Gasteiger charge is 2.56. The van der Waals surface area contributed by atoms with Crippen LogP contribution in [0, 0.1) is 49.6 Å². The summed E-state index contributed by atoms with van der Waals surface area (Å²) >= 11 is 0. The van der Waals surface area contributed by atoms with E-state index in [0.717, 1.165) is 22.3 Å². The van der Waals surface area contributed by atoms with Crippen molar-refractivity contribution in [1.82, 2.24) is 0 Å². The van der Waals surface area contributed by atoms with Crippen LogP contribution in [0.25, 0.3) is 0 Å². The van der Waals surface area contributed by atoms with Crippen LogP contribution in [0.15, 0.2) is 60.7 Å². The van der Waals surface area contributed by atoms with Gasteiger partial charge in [0.1, 0.15) is 11.7 Å². The molecular weight excluding hydrogens is 510 g/mol. The van der Waals surface area contributed by atoms with E-state index in [1.165, 1.54) is 31.2 Å². The lowest BCUT2D eigenvalue weighted by molar-refractivity contribution is -0.384. The zero-order chi connectivity index (χ0) is 29.4. The lowest BCUT2D eigenvalue weighted by Crippen LogP contribution is -2.56. The first-order valence-corrected chi connectivity index (χ1v) is 13.0. The average Bonchev–Trinajstić information content (AvgIpc) is 2.86. The Labute approximate surface area is 232 Å². The van der Waals surface area contributed by atoms with Gasteiger partial charge in [-0.3, -0.25) is 24.5 Å². The van der Waals surface area contributed by atoms with Crippen molar-refractivity contribution < 1.29 is 24.4 Å². The highest BCUT2D eigenvalue weighted by molar-refractivity contribution is 6.10. The third-order valence-electron chi connectivity index (χ3n) is 7.60. The number of nitro benzene ring substituents is 1. The first kappa shape index (κ1) is 28.6. The first-order chi connectivity index (χ1) is 18.8. The Morgan fingerprint density at radius 2 is 1.38 bits per heavy atom. The first-order valence-electron chi connectivity index (χ1n) is 13.0. The number of nitrogens with one attached hydrogen (secondary N) is 2. The fourth-order valence-corrected chi connectivity index (χ4v) is 5.64. The van der Waals surface area contributed by atoms with Gasteiger partial charge in [-0.2, -0.15) is 0 Å². The van der Waals surface area contributed by atoms with Crippen LogP contribution in [0.1, 0.15) is 47.1 Å². The Morgan fingerprint density at radius 3 is 1.85 bits per heavy atom. The maximum atomic E-state index is 13.9. The molecule has 9 heteroatoms. The fraction of sp³-hybridized carbons (Fsp3) is 0.323. The van der Waals surface area contributed by atoms with Gasteiger partial charge in [0.05, 0.1) is 16.4 Å². The number of carbonyl (C=O) groups is 3. The summed E-state index contributed by atoms with van der Waals surface area (Å²) in [5.74, 6) is -5.32. The number of nitrogens with zero attached hydrogens (tertiary/aromatic N) is 1. The molecule has 0 aliphatic heterocycles. The molecule has 2 amide bonds. The van der Waals surface area contributed by atoms with E-state index >= 15 is 0 Å². The standard InChI is InChI=1S/C31H33N3O6/c1-17-6-12-23(19(3)14-17)32-29(36)27-25(35)16-31(5,38)28(26(27)21-8-10-22(11-9-21)34(39)40)30(37)33-24-13-7-18(2)15-20(24)4/h6-15,26-28,38H,16H2,1-5H3,(H,32,36)(H,33,37)/t26-,27-,28+,31+/m1/s1. The van der Waals surface area contributed by atoms with Crippen LogP contribution >= 0.6 is 0 Å². The van der Waals surface area contributed by atoms with Gasteiger partial charge in [0.2, 0.25) is 11.8 Å². The van der Waals surface area contributed by atoms with E-state index in [0.29, 0.717) is 16.9 Å². The van der Waals surface area contributed by atoms with Gasteiger partial charge >= 0.3 is 0 Å². The van der Waals surface area contributed by atoms with Gasteiger partial charge in [-0.15, -0.1) is 0 Å². The number of nitro groups is 1. The number of benzene rings is 3. The average molecular weight is 544 g/mol. The molecule has 0 unspecified atom stereocenters.